The Morgan fingerprint density at radius 3 is 2.81 bits per heavy atom. The predicted molar refractivity (Wildman–Crippen MR) is 103 cm³/mol. The number of hydrogen-bond acceptors (Lipinski definition) is 5. The van der Waals surface area contributed by atoms with Crippen LogP contribution in [0.4, 0.5) is 0 Å². The van der Waals surface area contributed by atoms with Crippen molar-refractivity contribution in [3.05, 3.63) is 84.1 Å². The maximum Gasteiger partial charge on any atom is 0.272 e. The molecule has 0 aliphatic rings. The molecular formula is C21H16N4O2. The molecule has 0 unspecified atom stereocenters. The van der Waals surface area contributed by atoms with Gasteiger partial charge in [0.1, 0.15) is 11.5 Å². The van der Waals surface area contributed by atoms with Crippen LogP contribution in [-0.4, -0.2) is 22.1 Å². The van der Waals surface area contributed by atoms with E-state index in [-0.39, 0.29) is 5.91 Å². The molecule has 6 nitrogen and oxygen atoms in total. The third kappa shape index (κ3) is 3.59. The van der Waals surface area contributed by atoms with Crippen LogP contribution in [0.5, 0.6) is 0 Å². The van der Waals surface area contributed by atoms with Crippen LogP contribution in [0.25, 0.3) is 22.2 Å². The van der Waals surface area contributed by atoms with Crippen LogP contribution < -0.4 is 5.43 Å². The summed E-state index contributed by atoms with van der Waals surface area (Å²) in [6, 6.07) is 16.6. The molecule has 1 N–H and O–H groups in total. The summed E-state index contributed by atoms with van der Waals surface area (Å²) in [5.74, 6) is 1.03. The van der Waals surface area contributed by atoms with Gasteiger partial charge in [0.15, 0.2) is 0 Å². The summed E-state index contributed by atoms with van der Waals surface area (Å²) in [5, 5.41) is 4.75. The number of amides is 1. The molecule has 0 bridgehead atoms. The zero-order valence-corrected chi connectivity index (χ0v) is 14.6. The molecule has 4 rings (SSSR count). The predicted octanol–water partition coefficient (Wildman–Crippen LogP) is 3.96. The summed E-state index contributed by atoms with van der Waals surface area (Å²) in [7, 11) is 0. The topological polar surface area (TPSA) is 80.4 Å². The molecule has 4 aromatic rings. The van der Waals surface area contributed by atoms with Gasteiger partial charge in [0.25, 0.3) is 5.91 Å². The first-order valence-corrected chi connectivity index (χ1v) is 8.41. The second-order valence-corrected chi connectivity index (χ2v) is 5.96. The molecule has 0 aliphatic heterocycles. The minimum absolute atomic E-state index is 0.321. The van der Waals surface area contributed by atoms with Crippen molar-refractivity contribution in [2.45, 2.75) is 6.92 Å². The number of aromatic nitrogens is 2. The van der Waals surface area contributed by atoms with E-state index in [2.05, 4.69) is 20.5 Å². The van der Waals surface area contributed by atoms with Crippen molar-refractivity contribution in [2.24, 2.45) is 5.10 Å². The Morgan fingerprint density at radius 2 is 2.04 bits per heavy atom. The van der Waals surface area contributed by atoms with Gasteiger partial charge in [-0.05, 0) is 43.3 Å². The quantitative estimate of drug-likeness (QED) is 0.443. The lowest BCUT2D eigenvalue weighted by molar-refractivity contribution is 0.0956. The summed E-state index contributed by atoms with van der Waals surface area (Å²) in [5.41, 5.74) is 5.30. The number of aryl methyl sites for hydroxylation is 1. The van der Waals surface area contributed by atoms with E-state index in [0.717, 1.165) is 22.2 Å². The molecule has 0 saturated heterocycles. The molecule has 132 valence electrons. The summed E-state index contributed by atoms with van der Waals surface area (Å²) >= 11 is 0. The molecule has 0 saturated carbocycles. The SMILES string of the molecule is Cc1ccc(/C=N\NC(=O)c2cc(-c3cccnc3)nc3ccccc23)o1. The number of nitrogens with one attached hydrogen (secondary N) is 1. The molecule has 0 spiro atoms. The van der Waals surface area contributed by atoms with Gasteiger partial charge in [-0.3, -0.25) is 9.78 Å². The van der Waals surface area contributed by atoms with E-state index in [1.165, 1.54) is 6.21 Å². The largest absolute Gasteiger partial charge is 0.460 e. The Hall–Kier alpha value is -3.80. The van der Waals surface area contributed by atoms with Gasteiger partial charge in [-0.25, -0.2) is 10.4 Å². The van der Waals surface area contributed by atoms with Gasteiger partial charge in [-0.1, -0.05) is 18.2 Å². The van der Waals surface area contributed by atoms with Crippen molar-refractivity contribution < 1.29 is 9.21 Å². The number of fused-ring (bicyclic) bond motifs is 1. The molecule has 0 radical (unpaired) electrons. The van der Waals surface area contributed by atoms with E-state index < -0.39 is 0 Å². The Balaban J connectivity index is 1.69. The number of para-hydroxylation sites is 1. The van der Waals surface area contributed by atoms with Crippen molar-refractivity contribution in [2.75, 3.05) is 0 Å². The Kier molecular flexibility index (Phi) is 4.45. The minimum atomic E-state index is -0.321. The van der Waals surface area contributed by atoms with Gasteiger partial charge in [-0.2, -0.15) is 5.10 Å². The smallest absolute Gasteiger partial charge is 0.272 e. The van der Waals surface area contributed by atoms with Gasteiger partial charge in [-0.15, -0.1) is 0 Å². The maximum atomic E-state index is 12.7. The van der Waals surface area contributed by atoms with Gasteiger partial charge >= 0.3 is 0 Å². The normalized spacial score (nSPS) is 11.1. The van der Waals surface area contributed by atoms with Crippen LogP contribution in [0.15, 0.2) is 76.5 Å². The fourth-order valence-corrected chi connectivity index (χ4v) is 2.76. The average molecular weight is 356 g/mol. The molecule has 3 aromatic heterocycles. The molecule has 27 heavy (non-hydrogen) atoms. The third-order valence-electron chi connectivity index (χ3n) is 4.04. The number of hydrogen-bond donors (Lipinski definition) is 1. The van der Waals surface area contributed by atoms with E-state index in [1.807, 2.05) is 49.4 Å². The lowest BCUT2D eigenvalue weighted by atomic mass is 10.0. The highest BCUT2D eigenvalue weighted by Crippen LogP contribution is 2.24. The van der Waals surface area contributed by atoms with E-state index in [9.17, 15) is 4.79 Å². The van der Waals surface area contributed by atoms with E-state index >= 15 is 0 Å². The molecule has 3 heterocycles. The third-order valence-corrected chi connectivity index (χ3v) is 4.04. The molecule has 6 heteroatoms. The summed E-state index contributed by atoms with van der Waals surface area (Å²) in [4.78, 5) is 21.5. The van der Waals surface area contributed by atoms with Crippen molar-refractivity contribution in [3.63, 3.8) is 0 Å². The monoisotopic (exact) mass is 356 g/mol. The first-order chi connectivity index (χ1) is 13.2. The standard InChI is InChI=1S/C21H16N4O2/c1-14-8-9-16(27-14)13-23-25-21(26)18-11-20(15-5-4-10-22-12-15)24-19-7-3-2-6-17(18)19/h2-13H,1H3,(H,25,26)/b23-13-. The molecule has 1 aromatic carbocycles. The average Bonchev–Trinajstić information content (AvgIpc) is 3.12. The van der Waals surface area contributed by atoms with Gasteiger partial charge < -0.3 is 4.42 Å². The number of rotatable bonds is 4. The van der Waals surface area contributed by atoms with Gasteiger partial charge in [0.2, 0.25) is 0 Å². The van der Waals surface area contributed by atoms with Crippen LogP contribution in [0.2, 0.25) is 0 Å². The van der Waals surface area contributed by atoms with Crippen LogP contribution in [0, 0.1) is 6.92 Å². The first kappa shape index (κ1) is 16.7. The molecule has 0 atom stereocenters. The second kappa shape index (κ2) is 7.21. The van der Waals surface area contributed by atoms with Crippen LogP contribution in [0.3, 0.4) is 0 Å². The second-order valence-electron chi connectivity index (χ2n) is 5.96. The molecule has 1 amide bonds. The highest BCUT2D eigenvalue weighted by Gasteiger charge is 2.13. The maximum absolute atomic E-state index is 12.7. The van der Waals surface area contributed by atoms with Crippen molar-refractivity contribution in [1.82, 2.24) is 15.4 Å². The number of hydrazone groups is 1. The Labute approximate surface area is 155 Å². The first-order valence-electron chi connectivity index (χ1n) is 8.41. The Bertz CT molecular complexity index is 1130. The van der Waals surface area contributed by atoms with E-state index in [4.69, 9.17) is 4.42 Å². The van der Waals surface area contributed by atoms with Gasteiger partial charge in [0.05, 0.1) is 23.0 Å². The molecule has 0 fully saturated rings. The number of nitrogens with zero attached hydrogens (tertiary/aromatic N) is 3. The number of carbonyl (C=O) groups excluding carboxylic acids is 1. The zero-order valence-electron chi connectivity index (χ0n) is 14.6. The lowest BCUT2D eigenvalue weighted by Gasteiger charge is -2.08. The fourth-order valence-electron chi connectivity index (χ4n) is 2.76. The summed E-state index contributed by atoms with van der Waals surface area (Å²) in [6.07, 6.45) is 4.88. The summed E-state index contributed by atoms with van der Waals surface area (Å²) < 4.78 is 5.40. The Morgan fingerprint density at radius 1 is 1.15 bits per heavy atom. The number of carbonyl (C=O) groups is 1. The van der Waals surface area contributed by atoms with E-state index in [0.29, 0.717) is 17.0 Å². The van der Waals surface area contributed by atoms with Crippen molar-refractivity contribution in [1.29, 1.82) is 0 Å². The number of pyridine rings is 2. The lowest BCUT2D eigenvalue weighted by Crippen LogP contribution is -2.18. The highest BCUT2D eigenvalue weighted by molar-refractivity contribution is 6.07. The fraction of sp³-hybridized carbons (Fsp3) is 0.0476. The molecular weight excluding hydrogens is 340 g/mol. The van der Waals surface area contributed by atoms with Crippen molar-refractivity contribution >= 4 is 23.0 Å². The zero-order chi connectivity index (χ0) is 18.6. The number of benzene rings is 1. The minimum Gasteiger partial charge on any atom is -0.460 e. The van der Waals surface area contributed by atoms with Crippen LogP contribution >= 0.6 is 0 Å². The number of furan rings is 1. The van der Waals surface area contributed by atoms with Crippen LogP contribution in [-0.2, 0) is 0 Å². The molecule has 0 aliphatic carbocycles. The van der Waals surface area contributed by atoms with E-state index in [1.54, 1.807) is 24.5 Å². The summed E-state index contributed by atoms with van der Waals surface area (Å²) in [6.45, 7) is 1.85. The van der Waals surface area contributed by atoms with Gasteiger partial charge in [0, 0.05) is 23.3 Å². The van der Waals surface area contributed by atoms with Crippen LogP contribution in [0.1, 0.15) is 21.9 Å². The van der Waals surface area contributed by atoms with Crippen molar-refractivity contribution in [3.8, 4) is 11.3 Å². The highest BCUT2D eigenvalue weighted by atomic mass is 16.3.